The quantitative estimate of drug-likeness (QED) is 0.616. The van der Waals surface area contributed by atoms with Gasteiger partial charge in [0.05, 0.1) is 10.0 Å². The third kappa shape index (κ3) is 3.99. The van der Waals surface area contributed by atoms with Crippen LogP contribution < -0.4 is 5.32 Å². The molecule has 1 unspecified atom stereocenters. The van der Waals surface area contributed by atoms with E-state index in [-0.39, 0.29) is 6.04 Å². The normalized spacial score (nSPS) is 12.4. The maximum Gasteiger partial charge on any atom is 0.0595 e. The van der Waals surface area contributed by atoms with Crippen LogP contribution in [0.5, 0.6) is 0 Å². The van der Waals surface area contributed by atoms with Gasteiger partial charge in [-0.25, -0.2) is 0 Å². The van der Waals surface area contributed by atoms with E-state index in [2.05, 4.69) is 43.2 Å². The van der Waals surface area contributed by atoms with Gasteiger partial charge in [0, 0.05) is 15.0 Å². The molecule has 2 rings (SSSR count). The molecule has 1 atom stereocenters. The average Bonchev–Trinajstić information content (AvgIpc) is 2.43. The summed E-state index contributed by atoms with van der Waals surface area (Å²) in [6, 6.07) is 12.1. The van der Waals surface area contributed by atoms with Gasteiger partial charge in [0.25, 0.3) is 0 Å². The van der Waals surface area contributed by atoms with Gasteiger partial charge >= 0.3 is 0 Å². The minimum Gasteiger partial charge on any atom is -0.313 e. The fraction of sp³-hybridized carbons (Fsp3) is 0.200. The molecule has 0 radical (unpaired) electrons. The molecule has 0 aliphatic carbocycles. The number of halogens is 4. The summed E-state index contributed by atoms with van der Waals surface area (Å²) in [6.45, 7) is 0. The first-order valence-electron chi connectivity index (χ1n) is 6.07. The first-order valence-corrected chi connectivity index (χ1v) is 8.41. The Bertz CT molecular complexity index is 617. The fourth-order valence-electron chi connectivity index (χ4n) is 2.05. The van der Waals surface area contributed by atoms with E-state index in [4.69, 9.17) is 23.2 Å². The molecule has 5 heteroatoms. The van der Waals surface area contributed by atoms with Crippen molar-refractivity contribution in [1.82, 2.24) is 5.32 Å². The molecule has 0 aromatic heterocycles. The minimum absolute atomic E-state index is 0.194. The molecule has 0 saturated carbocycles. The van der Waals surface area contributed by atoms with E-state index in [1.165, 1.54) is 5.56 Å². The van der Waals surface area contributed by atoms with Crippen molar-refractivity contribution in [3.8, 4) is 0 Å². The second-order valence-corrected chi connectivity index (χ2v) is 7.04. The number of likely N-dealkylation sites (N-methyl/N-ethyl adjacent to an activating group) is 1. The highest BCUT2D eigenvalue weighted by Gasteiger charge is 2.14. The highest BCUT2D eigenvalue weighted by atomic mass is 79.9. The van der Waals surface area contributed by atoms with E-state index in [1.54, 1.807) is 0 Å². The molecule has 0 spiro atoms. The maximum absolute atomic E-state index is 6.07. The Kier molecular flexibility index (Phi) is 5.94. The second kappa shape index (κ2) is 7.28. The summed E-state index contributed by atoms with van der Waals surface area (Å²) >= 11 is 19.1. The minimum atomic E-state index is 0.194. The molecule has 1 nitrogen and oxygen atoms in total. The number of rotatable bonds is 4. The number of nitrogens with one attached hydrogen (secondary N) is 1. The van der Waals surface area contributed by atoms with Gasteiger partial charge in [-0.2, -0.15) is 0 Å². The molecule has 0 fully saturated rings. The van der Waals surface area contributed by atoms with Crippen LogP contribution in [0.2, 0.25) is 10.0 Å². The van der Waals surface area contributed by atoms with Crippen LogP contribution in [-0.2, 0) is 6.42 Å². The van der Waals surface area contributed by atoms with E-state index >= 15 is 0 Å². The van der Waals surface area contributed by atoms with Gasteiger partial charge in [0.1, 0.15) is 0 Å². The van der Waals surface area contributed by atoms with E-state index in [9.17, 15) is 0 Å². The second-order valence-electron chi connectivity index (χ2n) is 4.46. The SMILES string of the molecule is CNC(Cc1ccc(Cl)c(Cl)c1)c1cc(Br)ccc1Br. The summed E-state index contributed by atoms with van der Waals surface area (Å²) in [4.78, 5) is 0. The summed E-state index contributed by atoms with van der Waals surface area (Å²) < 4.78 is 2.14. The Hall–Kier alpha value is -0.0600. The van der Waals surface area contributed by atoms with Crippen molar-refractivity contribution in [3.05, 3.63) is 66.5 Å². The molecule has 1 N–H and O–H groups in total. The molecule has 20 heavy (non-hydrogen) atoms. The summed E-state index contributed by atoms with van der Waals surface area (Å²) in [5.41, 5.74) is 2.35. The lowest BCUT2D eigenvalue weighted by molar-refractivity contribution is 0.589. The third-order valence-electron chi connectivity index (χ3n) is 3.11. The molecule has 0 bridgehead atoms. The van der Waals surface area contributed by atoms with Crippen LogP contribution in [0.25, 0.3) is 0 Å². The fourth-order valence-corrected chi connectivity index (χ4v) is 3.27. The molecule has 0 heterocycles. The monoisotopic (exact) mass is 435 g/mol. The number of benzene rings is 2. The zero-order valence-corrected chi connectivity index (χ0v) is 15.4. The van der Waals surface area contributed by atoms with E-state index in [1.807, 2.05) is 37.4 Å². The molecule has 2 aromatic rings. The van der Waals surface area contributed by atoms with Crippen LogP contribution >= 0.6 is 55.1 Å². The van der Waals surface area contributed by atoms with Crippen molar-refractivity contribution in [2.75, 3.05) is 7.05 Å². The van der Waals surface area contributed by atoms with Crippen LogP contribution in [-0.4, -0.2) is 7.05 Å². The lowest BCUT2D eigenvalue weighted by Gasteiger charge is -2.19. The topological polar surface area (TPSA) is 12.0 Å². The van der Waals surface area contributed by atoms with Gasteiger partial charge < -0.3 is 5.32 Å². The largest absolute Gasteiger partial charge is 0.313 e. The summed E-state index contributed by atoms with van der Waals surface area (Å²) in [7, 11) is 1.95. The standard InChI is InChI=1S/C15H13Br2Cl2N/c1-20-15(11-8-10(16)3-4-12(11)17)7-9-2-5-13(18)14(19)6-9/h2-6,8,15,20H,7H2,1H3. The number of hydrogen-bond acceptors (Lipinski definition) is 1. The third-order valence-corrected chi connectivity index (χ3v) is 5.06. The molecular formula is C15H13Br2Cl2N. The molecule has 0 aliphatic heterocycles. The summed E-state index contributed by atoms with van der Waals surface area (Å²) in [5.74, 6) is 0. The first kappa shape index (κ1) is 16.3. The smallest absolute Gasteiger partial charge is 0.0595 e. The first-order chi connectivity index (χ1) is 9.51. The summed E-state index contributed by atoms with van der Waals surface area (Å²) in [6.07, 6.45) is 0.836. The van der Waals surface area contributed by atoms with E-state index in [0.717, 1.165) is 20.9 Å². The van der Waals surface area contributed by atoms with Crippen LogP contribution in [0, 0.1) is 0 Å². The van der Waals surface area contributed by atoms with Gasteiger partial charge in [0.2, 0.25) is 0 Å². The van der Waals surface area contributed by atoms with Crippen molar-refractivity contribution in [1.29, 1.82) is 0 Å². The van der Waals surface area contributed by atoms with Gasteiger partial charge in [-0.15, -0.1) is 0 Å². The van der Waals surface area contributed by atoms with Gasteiger partial charge in [0.15, 0.2) is 0 Å². The summed E-state index contributed by atoms with van der Waals surface area (Å²) in [5, 5.41) is 4.52. The molecule has 0 amide bonds. The van der Waals surface area contributed by atoms with Crippen molar-refractivity contribution in [2.45, 2.75) is 12.5 Å². The predicted octanol–water partition coefficient (Wildman–Crippen LogP) is 6.02. The lowest BCUT2D eigenvalue weighted by atomic mass is 9.99. The van der Waals surface area contributed by atoms with E-state index < -0.39 is 0 Å². The average molecular weight is 438 g/mol. The van der Waals surface area contributed by atoms with Gasteiger partial charge in [-0.3, -0.25) is 0 Å². The van der Waals surface area contributed by atoms with Crippen LogP contribution in [0.1, 0.15) is 17.2 Å². The molecule has 0 aliphatic rings. The van der Waals surface area contributed by atoms with E-state index in [0.29, 0.717) is 10.0 Å². The van der Waals surface area contributed by atoms with Crippen LogP contribution in [0.3, 0.4) is 0 Å². The Balaban J connectivity index is 2.28. The zero-order chi connectivity index (χ0) is 14.7. The molecule has 2 aromatic carbocycles. The van der Waals surface area contributed by atoms with Gasteiger partial charge in [-0.1, -0.05) is 61.1 Å². The van der Waals surface area contributed by atoms with Crippen molar-refractivity contribution in [2.24, 2.45) is 0 Å². The lowest BCUT2D eigenvalue weighted by Crippen LogP contribution is -2.19. The van der Waals surface area contributed by atoms with Crippen LogP contribution in [0.15, 0.2) is 45.3 Å². The molecule has 106 valence electrons. The highest BCUT2D eigenvalue weighted by molar-refractivity contribution is 9.11. The maximum atomic E-state index is 6.07. The zero-order valence-electron chi connectivity index (χ0n) is 10.8. The van der Waals surface area contributed by atoms with Crippen molar-refractivity contribution in [3.63, 3.8) is 0 Å². The molecule has 0 saturated heterocycles. The van der Waals surface area contributed by atoms with Crippen molar-refractivity contribution < 1.29 is 0 Å². The van der Waals surface area contributed by atoms with Gasteiger partial charge in [-0.05, 0) is 54.9 Å². The predicted molar refractivity (Wildman–Crippen MR) is 93.8 cm³/mol. The van der Waals surface area contributed by atoms with Crippen molar-refractivity contribution >= 4 is 55.1 Å². The highest BCUT2D eigenvalue weighted by Crippen LogP contribution is 2.30. The molecular weight excluding hydrogens is 425 g/mol. The Morgan fingerprint density at radius 1 is 1.05 bits per heavy atom. The van der Waals surface area contributed by atoms with Crippen LogP contribution in [0.4, 0.5) is 0 Å². The Morgan fingerprint density at radius 3 is 2.45 bits per heavy atom. The Morgan fingerprint density at radius 2 is 1.80 bits per heavy atom. The number of hydrogen-bond donors (Lipinski definition) is 1. The Labute approximate surface area is 145 Å².